The van der Waals surface area contributed by atoms with Gasteiger partial charge in [-0.15, -0.1) is 0 Å². The minimum Gasteiger partial charge on any atom is -0.351 e. The molecule has 0 spiro atoms. The van der Waals surface area contributed by atoms with Gasteiger partial charge in [0.1, 0.15) is 0 Å². The van der Waals surface area contributed by atoms with Crippen molar-refractivity contribution in [2.45, 2.75) is 0 Å². The quantitative estimate of drug-likeness (QED) is 0.395. The first-order valence-electron chi connectivity index (χ1n) is 1.58. The standard InChI is InChI=1S/C2H6N2O3S/c1-8(6,7)4-2(3)5/h1H2,(H4,3,4,5,6,7). The van der Waals surface area contributed by atoms with Crippen molar-refractivity contribution < 1.29 is 13.6 Å². The molecule has 0 heterocycles. The number of urea groups is 1. The van der Waals surface area contributed by atoms with Crippen LogP contribution in [0.4, 0.5) is 4.79 Å². The average Bonchev–Trinajstić information content (AvgIpc) is 1.21. The van der Waals surface area contributed by atoms with Crippen molar-refractivity contribution >= 4 is 21.9 Å². The molecule has 5 nitrogen and oxygen atoms in total. The van der Waals surface area contributed by atoms with Crippen molar-refractivity contribution in [1.29, 1.82) is 0 Å². The van der Waals surface area contributed by atoms with Crippen molar-refractivity contribution in [2.24, 2.45) is 5.73 Å². The summed E-state index contributed by atoms with van der Waals surface area (Å²) in [5, 5.41) is 0. The van der Waals surface area contributed by atoms with Crippen LogP contribution in [0.25, 0.3) is 0 Å². The Hall–Kier alpha value is -0.750. The summed E-state index contributed by atoms with van der Waals surface area (Å²) < 4.78 is 19.7. The van der Waals surface area contributed by atoms with Gasteiger partial charge in [0, 0.05) is 0 Å². The zero-order valence-corrected chi connectivity index (χ0v) is 4.77. The summed E-state index contributed by atoms with van der Waals surface area (Å²) in [7, 11) is -3.45. The molecule has 4 N–H and O–H groups in total. The van der Waals surface area contributed by atoms with Crippen LogP contribution in [0, 0.1) is 0 Å². The summed E-state index contributed by atoms with van der Waals surface area (Å²) in [6.07, 6.45) is 0. The SMILES string of the molecule is C=S(=O)(O)NC(N)=O. The van der Waals surface area contributed by atoms with Gasteiger partial charge in [0.05, 0.1) is 0 Å². The number of nitrogens with one attached hydrogen (secondary N) is 1. The number of carbonyl (C=O) groups excluding carboxylic acids is 1. The lowest BCUT2D eigenvalue weighted by molar-refractivity contribution is 0.253. The lowest BCUT2D eigenvalue weighted by Crippen LogP contribution is -2.34. The van der Waals surface area contributed by atoms with E-state index in [0.717, 1.165) is 0 Å². The monoisotopic (exact) mass is 138 g/mol. The third-order valence-corrected chi connectivity index (χ3v) is 0.780. The Morgan fingerprint density at radius 1 is 1.88 bits per heavy atom. The van der Waals surface area contributed by atoms with Crippen LogP contribution in [-0.2, 0) is 9.99 Å². The highest BCUT2D eigenvalue weighted by atomic mass is 32.2. The zero-order valence-electron chi connectivity index (χ0n) is 3.96. The molecule has 0 aliphatic heterocycles. The Labute approximate surface area is 46.8 Å². The Kier molecular flexibility index (Phi) is 1.82. The molecule has 48 valence electrons. The molecular weight excluding hydrogens is 132 g/mol. The van der Waals surface area contributed by atoms with Crippen LogP contribution >= 0.6 is 0 Å². The summed E-state index contributed by atoms with van der Waals surface area (Å²) in [6.45, 7) is 0. The molecule has 0 fully saturated rings. The van der Waals surface area contributed by atoms with Crippen molar-refractivity contribution in [2.75, 3.05) is 0 Å². The van der Waals surface area contributed by atoms with Gasteiger partial charge in [-0.2, -0.15) is 0 Å². The minimum atomic E-state index is -3.45. The molecule has 0 aromatic carbocycles. The van der Waals surface area contributed by atoms with E-state index >= 15 is 0 Å². The van der Waals surface area contributed by atoms with Gasteiger partial charge < -0.3 is 5.73 Å². The second-order valence-electron chi connectivity index (χ2n) is 1.11. The number of nitrogens with two attached hydrogens (primary N) is 1. The predicted octanol–water partition coefficient (Wildman–Crippen LogP) is -1.24. The second-order valence-corrected chi connectivity index (χ2v) is 2.59. The summed E-state index contributed by atoms with van der Waals surface area (Å²) >= 11 is 0. The smallest absolute Gasteiger partial charge is 0.325 e. The maximum Gasteiger partial charge on any atom is 0.325 e. The normalized spacial score (nSPS) is 16.6. The van der Waals surface area contributed by atoms with Crippen molar-refractivity contribution in [1.82, 2.24) is 4.72 Å². The highest BCUT2D eigenvalue weighted by molar-refractivity contribution is 7.93. The van der Waals surface area contributed by atoms with Crippen LogP contribution in [0.5, 0.6) is 0 Å². The third-order valence-electron chi connectivity index (χ3n) is 0.260. The predicted molar refractivity (Wildman–Crippen MR) is 30.6 cm³/mol. The van der Waals surface area contributed by atoms with E-state index in [4.69, 9.17) is 4.55 Å². The summed E-state index contributed by atoms with van der Waals surface area (Å²) in [6, 6.07) is -1.06. The lowest BCUT2D eigenvalue weighted by atomic mass is 11.2. The van der Waals surface area contributed by atoms with Crippen LogP contribution in [0.3, 0.4) is 0 Å². The van der Waals surface area contributed by atoms with E-state index in [-0.39, 0.29) is 0 Å². The highest BCUT2D eigenvalue weighted by Crippen LogP contribution is 1.68. The van der Waals surface area contributed by atoms with E-state index < -0.39 is 16.0 Å². The van der Waals surface area contributed by atoms with Gasteiger partial charge in [-0.3, -0.25) is 4.55 Å². The van der Waals surface area contributed by atoms with Gasteiger partial charge in [-0.25, -0.2) is 13.7 Å². The molecule has 0 rings (SSSR count). The van der Waals surface area contributed by atoms with Gasteiger partial charge in [0.25, 0.3) is 0 Å². The first-order valence-corrected chi connectivity index (χ1v) is 3.27. The second kappa shape index (κ2) is 2.01. The Balaban J connectivity index is 3.95. The molecule has 0 radical (unpaired) electrons. The molecular formula is C2H6N2O3S. The number of primary amides is 1. The molecule has 0 aromatic rings. The van der Waals surface area contributed by atoms with Gasteiger partial charge in [0.2, 0.25) is 0 Å². The Morgan fingerprint density at radius 3 is 2.25 bits per heavy atom. The minimum absolute atomic E-state index is 1.06. The van der Waals surface area contributed by atoms with Crippen LogP contribution in [0.2, 0.25) is 0 Å². The number of hydrogen-bond acceptors (Lipinski definition) is 2. The topological polar surface area (TPSA) is 92.4 Å². The molecule has 0 aliphatic carbocycles. The lowest BCUT2D eigenvalue weighted by Gasteiger charge is -1.97. The number of hydrogen-bond donors (Lipinski definition) is 3. The van der Waals surface area contributed by atoms with Crippen LogP contribution in [0.15, 0.2) is 0 Å². The molecule has 0 saturated heterocycles. The molecule has 1 unspecified atom stereocenters. The van der Waals surface area contributed by atoms with Crippen molar-refractivity contribution in [3.05, 3.63) is 0 Å². The molecule has 6 heteroatoms. The summed E-state index contributed by atoms with van der Waals surface area (Å²) in [5.41, 5.74) is 4.45. The molecule has 8 heavy (non-hydrogen) atoms. The Bertz CT molecular complexity index is 181. The molecule has 0 bridgehead atoms. The maximum atomic E-state index is 10.0. The number of amides is 2. The van der Waals surface area contributed by atoms with E-state index in [1.165, 1.54) is 4.72 Å². The third kappa shape index (κ3) is 5.25. The highest BCUT2D eigenvalue weighted by Gasteiger charge is 1.96. The average molecular weight is 138 g/mol. The van der Waals surface area contributed by atoms with Crippen LogP contribution < -0.4 is 10.5 Å². The largest absolute Gasteiger partial charge is 0.351 e. The van der Waals surface area contributed by atoms with Crippen LogP contribution in [-0.4, -0.2) is 20.7 Å². The van der Waals surface area contributed by atoms with E-state index in [9.17, 15) is 9.00 Å². The van der Waals surface area contributed by atoms with E-state index in [2.05, 4.69) is 11.6 Å². The molecule has 0 aromatic heterocycles. The van der Waals surface area contributed by atoms with E-state index in [1.54, 1.807) is 0 Å². The maximum absolute atomic E-state index is 10.0. The molecule has 1 atom stereocenters. The van der Waals surface area contributed by atoms with Gasteiger partial charge >= 0.3 is 6.03 Å². The zero-order chi connectivity index (χ0) is 6.78. The fourth-order valence-electron chi connectivity index (χ4n) is 0.157. The van der Waals surface area contributed by atoms with Crippen molar-refractivity contribution in [3.63, 3.8) is 0 Å². The first kappa shape index (κ1) is 7.25. The van der Waals surface area contributed by atoms with Gasteiger partial charge in [0.15, 0.2) is 9.99 Å². The van der Waals surface area contributed by atoms with Gasteiger partial charge in [-0.05, 0) is 5.87 Å². The van der Waals surface area contributed by atoms with Gasteiger partial charge in [-0.1, -0.05) is 0 Å². The van der Waals surface area contributed by atoms with Crippen molar-refractivity contribution in [3.8, 4) is 0 Å². The molecule has 2 amide bonds. The fraction of sp³-hybridized carbons (Fsp3) is 0. The Morgan fingerprint density at radius 2 is 2.25 bits per heavy atom. The molecule has 0 aliphatic rings. The molecule has 0 saturated carbocycles. The number of rotatable bonds is 1. The first-order chi connectivity index (χ1) is 3.42. The van der Waals surface area contributed by atoms with Crippen LogP contribution in [0.1, 0.15) is 0 Å². The summed E-state index contributed by atoms with van der Waals surface area (Å²) in [4.78, 5) is 9.75. The van der Waals surface area contributed by atoms with E-state index in [0.29, 0.717) is 0 Å². The number of carbonyl (C=O) groups is 1. The fourth-order valence-corrected chi connectivity index (χ4v) is 0.472. The summed E-state index contributed by atoms with van der Waals surface area (Å²) in [5.74, 6) is 2.68. The van der Waals surface area contributed by atoms with E-state index in [1.807, 2.05) is 0 Å².